The van der Waals surface area contributed by atoms with E-state index in [1.165, 1.54) is 5.56 Å². The molecule has 26 heavy (non-hydrogen) atoms. The summed E-state index contributed by atoms with van der Waals surface area (Å²) in [6, 6.07) is 17.5. The number of aromatic nitrogens is 1. The van der Waals surface area contributed by atoms with Crippen LogP contribution in [-0.2, 0) is 4.79 Å². The van der Waals surface area contributed by atoms with Gasteiger partial charge in [0, 0.05) is 22.5 Å². The van der Waals surface area contributed by atoms with Crippen LogP contribution < -0.4 is 5.32 Å². The van der Waals surface area contributed by atoms with Crippen molar-refractivity contribution in [1.29, 1.82) is 0 Å². The van der Waals surface area contributed by atoms with Crippen LogP contribution >= 0.6 is 0 Å². The third kappa shape index (κ3) is 3.02. The number of nitrogens with one attached hydrogen (secondary N) is 2. The Morgan fingerprint density at radius 2 is 2.00 bits per heavy atom. The molecule has 2 N–H and O–H groups in total. The number of hydrogen-bond donors (Lipinski definition) is 2. The van der Waals surface area contributed by atoms with Crippen LogP contribution in [0.25, 0.3) is 10.9 Å². The van der Waals surface area contributed by atoms with E-state index in [1.54, 1.807) is 6.07 Å². The zero-order chi connectivity index (χ0) is 18.1. The predicted octanol–water partition coefficient (Wildman–Crippen LogP) is 3.41. The van der Waals surface area contributed by atoms with E-state index in [0.29, 0.717) is 5.69 Å². The number of amides is 1. The van der Waals surface area contributed by atoms with Crippen molar-refractivity contribution in [3.63, 3.8) is 0 Å². The van der Waals surface area contributed by atoms with Crippen LogP contribution in [0.3, 0.4) is 0 Å². The zero-order valence-electron chi connectivity index (χ0n) is 14.6. The van der Waals surface area contributed by atoms with Gasteiger partial charge in [-0.3, -0.25) is 14.5 Å². The molecule has 0 bridgehead atoms. The minimum atomic E-state index is -0.190. The molecule has 1 aliphatic heterocycles. The van der Waals surface area contributed by atoms with E-state index < -0.39 is 0 Å². The fourth-order valence-corrected chi connectivity index (χ4v) is 3.89. The summed E-state index contributed by atoms with van der Waals surface area (Å²) in [6.07, 6.45) is 1.76. The zero-order valence-corrected chi connectivity index (χ0v) is 14.6. The minimum absolute atomic E-state index is 0.00403. The summed E-state index contributed by atoms with van der Waals surface area (Å²) in [5, 5.41) is 3.96. The fraction of sp³-hybridized carbons (Fsp3) is 0.238. The first-order valence-corrected chi connectivity index (χ1v) is 8.80. The van der Waals surface area contributed by atoms with E-state index in [9.17, 15) is 9.59 Å². The second-order valence-electron chi connectivity index (χ2n) is 6.87. The van der Waals surface area contributed by atoms with Crippen molar-refractivity contribution in [1.82, 2.24) is 9.88 Å². The lowest BCUT2D eigenvalue weighted by Gasteiger charge is -2.24. The Labute approximate surface area is 152 Å². The maximum Gasteiger partial charge on any atom is 0.242 e. The summed E-state index contributed by atoms with van der Waals surface area (Å²) in [7, 11) is 2.00. The molecule has 2 aromatic carbocycles. The molecule has 1 aromatic heterocycles. The van der Waals surface area contributed by atoms with Crippen LogP contribution in [0.15, 0.2) is 54.6 Å². The topological polar surface area (TPSA) is 65.2 Å². The largest absolute Gasteiger partial charge is 0.352 e. The molecular formula is C21H21N3O2. The monoisotopic (exact) mass is 347 g/mol. The van der Waals surface area contributed by atoms with Gasteiger partial charge in [-0.05, 0) is 49.8 Å². The Morgan fingerprint density at radius 3 is 2.77 bits per heavy atom. The number of likely N-dealkylation sites (N-methyl/N-ethyl adjacent to an activating group) is 1. The molecule has 1 unspecified atom stereocenters. The van der Waals surface area contributed by atoms with Crippen LogP contribution in [-0.4, -0.2) is 41.7 Å². The van der Waals surface area contributed by atoms with E-state index in [0.717, 1.165) is 35.8 Å². The lowest BCUT2D eigenvalue weighted by molar-refractivity contribution is -0.120. The molecule has 0 radical (unpaired) electrons. The number of fused-ring (bicyclic) bond motifs is 1. The smallest absolute Gasteiger partial charge is 0.242 e. The van der Waals surface area contributed by atoms with Crippen LogP contribution in [0.4, 0.5) is 5.69 Å². The number of aromatic amines is 1. The molecular weight excluding hydrogens is 326 g/mol. The highest BCUT2D eigenvalue weighted by molar-refractivity contribution is 5.98. The quantitative estimate of drug-likeness (QED) is 0.711. The Balaban J connectivity index is 1.57. The number of hydrogen-bond acceptors (Lipinski definition) is 3. The number of rotatable bonds is 4. The van der Waals surface area contributed by atoms with Gasteiger partial charge in [0.2, 0.25) is 5.91 Å². The Morgan fingerprint density at radius 1 is 1.19 bits per heavy atom. The van der Waals surface area contributed by atoms with E-state index in [-0.39, 0.29) is 17.9 Å². The van der Waals surface area contributed by atoms with Crippen molar-refractivity contribution in [3.8, 4) is 0 Å². The molecule has 1 fully saturated rings. The first kappa shape index (κ1) is 16.5. The molecule has 5 heteroatoms. The number of anilines is 1. The molecule has 2 heterocycles. The van der Waals surface area contributed by atoms with Crippen LogP contribution in [0.5, 0.6) is 0 Å². The molecule has 1 saturated heterocycles. The maximum absolute atomic E-state index is 13.0. The first-order valence-electron chi connectivity index (χ1n) is 8.80. The highest BCUT2D eigenvalue weighted by Gasteiger charge is 2.38. The number of carbonyl (C=O) groups excluding carboxylic acids is 2. The van der Waals surface area contributed by atoms with E-state index in [4.69, 9.17) is 0 Å². The van der Waals surface area contributed by atoms with Gasteiger partial charge in [0.1, 0.15) is 0 Å². The molecule has 0 spiro atoms. The van der Waals surface area contributed by atoms with Crippen molar-refractivity contribution in [2.75, 3.05) is 18.9 Å². The lowest BCUT2D eigenvalue weighted by atomic mass is 9.91. The molecule has 3 aromatic rings. The molecule has 1 amide bonds. The van der Waals surface area contributed by atoms with E-state index in [2.05, 4.69) is 27.3 Å². The minimum Gasteiger partial charge on any atom is -0.352 e. The van der Waals surface area contributed by atoms with Crippen LogP contribution in [0, 0.1) is 0 Å². The van der Waals surface area contributed by atoms with Gasteiger partial charge in [-0.1, -0.05) is 30.3 Å². The van der Waals surface area contributed by atoms with Crippen LogP contribution in [0.2, 0.25) is 0 Å². The molecule has 132 valence electrons. The second kappa shape index (κ2) is 6.77. The Kier molecular flexibility index (Phi) is 4.31. The summed E-state index contributed by atoms with van der Waals surface area (Å²) < 4.78 is 0. The third-order valence-electron chi connectivity index (χ3n) is 5.18. The number of aldehydes is 1. The van der Waals surface area contributed by atoms with Gasteiger partial charge in [-0.15, -0.1) is 0 Å². The number of benzene rings is 2. The standard InChI is InChI=1S/C21H21N3O2/c1-24-10-9-18(14-5-3-2-4-6-14)20(24)21(26)23-16-7-8-19-15(11-16)12-17(13-25)22-19/h2-8,11-13,18,20,22H,9-10H2,1H3,(H,23,26)/t18-,20?/m1/s1. The van der Waals surface area contributed by atoms with Crippen molar-refractivity contribution in [2.24, 2.45) is 0 Å². The Hall–Kier alpha value is -2.92. The van der Waals surface area contributed by atoms with Gasteiger partial charge in [-0.25, -0.2) is 0 Å². The molecule has 4 rings (SSSR count). The van der Waals surface area contributed by atoms with Gasteiger partial charge < -0.3 is 10.3 Å². The average molecular weight is 347 g/mol. The van der Waals surface area contributed by atoms with Gasteiger partial charge in [-0.2, -0.15) is 0 Å². The number of H-pyrrole nitrogens is 1. The molecule has 0 saturated carbocycles. The Bertz CT molecular complexity index is 948. The highest BCUT2D eigenvalue weighted by Crippen LogP contribution is 2.33. The molecule has 1 aliphatic rings. The predicted molar refractivity (Wildman–Crippen MR) is 103 cm³/mol. The van der Waals surface area contributed by atoms with E-state index in [1.807, 2.05) is 43.4 Å². The molecule has 2 atom stereocenters. The highest BCUT2D eigenvalue weighted by atomic mass is 16.2. The SMILES string of the molecule is CN1CC[C@H](c2ccccc2)C1C(=O)Nc1ccc2[nH]c(C=O)cc2c1. The molecule has 5 nitrogen and oxygen atoms in total. The third-order valence-corrected chi connectivity index (χ3v) is 5.18. The van der Waals surface area contributed by atoms with Crippen molar-refractivity contribution in [3.05, 3.63) is 65.9 Å². The van der Waals surface area contributed by atoms with Crippen LogP contribution in [0.1, 0.15) is 28.4 Å². The van der Waals surface area contributed by atoms with Crippen molar-refractivity contribution < 1.29 is 9.59 Å². The molecule has 0 aliphatic carbocycles. The second-order valence-corrected chi connectivity index (χ2v) is 6.87. The summed E-state index contributed by atoms with van der Waals surface area (Å²) in [5.41, 5.74) is 3.35. The summed E-state index contributed by atoms with van der Waals surface area (Å²) >= 11 is 0. The van der Waals surface area contributed by atoms with Gasteiger partial charge in [0.25, 0.3) is 0 Å². The van der Waals surface area contributed by atoms with E-state index >= 15 is 0 Å². The van der Waals surface area contributed by atoms with Crippen molar-refractivity contribution >= 4 is 28.8 Å². The summed E-state index contributed by atoms with van der Waals surface area (Å²) in [5.74, 6) is 0.197. The maximum atomic E-state index is 13.0. The normalized spacial score (nSPS) is 20.3. The van der Waals surface area contributed by atoms with Gasteiger partial charge in [0.15, 0.2) is 6.29 Å². The summed E-state index contributed by atoms with van der Waals surface area (Å²) in [6.45, 7) is 0.900. The lowest BCUT2D eigenvalue weighted by Crippen LogP contribution is -2.40. The fourth-order valence-electron chi connectivity index (χ4n) is 3.89. The number of nitrogens with zero attached hydrogens (tertiary/aromatic N) is 1. The average Bonchev–Trinajstić information content (AvgIpc) is 3.25. The van der Waals surface area contributed by atoms with Gasteiger partial charge in [0.05, 0.1) is 11.7 Å². The number of likely N-dealkylation sites (tertiary alicyclic amines) is 1. The first-order chi connectivity index (χ1) is 12.7. The van der Waals surface area contributed by atoms with Gasteiger partial charge >= 0.3 is 0 Å². The number of carbonyl (C=O) groups is 2. The van der Waals surface area contributed by atoms with Crippen molar-refractivity contribution in [2.45, 2.75) is 18.4 Å². The summed E-state index contributed by atoms with van der Waals surface area (Å²) in [4.78, 5) is 29.0.